The van der Waals surface area contributed by atoms with Crippen LogP contribution in [0.1, 0.15) is 23.5 Å². The third kappa shape index (κ3) is 3.34. The molecule has 0 radical (unpaired) electrons. The summed E-state index contributed by atoms with van der Waals surface area (Å²) in [7, 11) is 1.41. The van der Waals surface area contributed by atoms with Crippen molar-refractivity contribution in [2.45, 2.75) is 12.3 Å². The Balaban J connectivity index is 1.80. The van der Waals surface area contributed by atoms with E-state index in [9.17, 15) is 30.0 Å². The molecule has 1 aliphatic rings. The zero-order valence-electron chi connectivity index (χ0n) is 17.7. The second-order valence-corrected chi connectivity index (χ2v) is 7.85. The normalized spacial score (nSPS) is 15.1. The van der Waals surface area contributed by atoms with Gasteiger partial charge in [0.2, 0.25) is 0 Å². The minimum atomic E-state index is -0.664. The average Bonchev–Trinajstić information content (AvgIpc) is 2.79. The summed E-state index contributed by atoms with van der Waals surface area (Å²) in [6.07, 6.45) is -0.105. The van der Waals surface area contributed by atoms with Gasteiger partial charge in [0.1, 0.15) is 28.2 Å². The van der Waals surface area contributed by atoms with Crippen molar-refractivity contribution in [3.05, 3.63) is 69.9 Å². The molecule has 0 aliphatic carbocycles. The molecule has 0 fully saturated rings. The molecule has 172 valence electrons. The Hall–Kier alpha value is -4.66. The molecule has 0 spiro atoms. The Morgan fingerprint density at radius 3 is 2.38 bits per heavy atom. The SMILES string of the molecule is COc1ccc([C@@H]2CC(=O)Oc3cc(O)c4c(=O)cc(-c5ccc(O)c(O)c5)oc4c32)cc1O. The van der Waals surface area contributed by atoms with Crippen LogP contribution in [-0.2, 0) is 4.79 Å². The first-order valence-corrected chi connectivity index (χ1v) is 10.2. The Morgan fingerprint density at radius 2 is 1.68 bits per heavy atom. The van der Waals surface area contributed by atoms with Crippen LogP contribution in [0.25, 0.3) is 22.3 Å². The van der Waals surface area contributed by atoms with Crippen LogP contribution in [-0.4, -0.2) is 33.5 Å². The standard InChI is InChI=1S/C25H18O9/c1-32-19-5-3-11(6-16(19)28)13-8-22(31)33-21-10-18(30)24-17(29)9-20(34-25(24)23(13)21)12-2-4-14(26)15(27)7-12/h2-7,9-10,13,26-28,30H,8H2,1H3/t13-/m0/s1. The highest BCUT2D eigenvalue weighted by Gasteiger charge is 2.34. The highest BCUT2D eigenvalue weighted by Crippen LogP contribution is 2.47. The monoisotopic (exact) mass is 462 g/mol. The largest absolute Gasteiger partial charge is 0.507 e. The van der Waals surface area contributed by atoms with Gasteiger partial charge in [-0.2, -0.15) is 0 Å². The van der Waals surface area contributed by atoms with Gasteiger partial charge in [-0.3, -0.25) is 9.59 Å². The fraction of sp³-hybridized carbons (Fsp3) is 0.120. The molecule has 0 saturated carbocycles. The first kappa shape index (κ1) is 21.2. The Labute approximate surface area is 191 Å². The Morgan fingerprint density at radius 1 is 0.882 bits per heavy atom. The van der Waals surface area contributed by atoms with E-state index in [0.717, 1.165) is 6.07 Å². The quantitative estimate of drug-likeness (QED) is 0.203. The lowest BCUT2D eigenvalue weighted by atomic mass is 9.85. The maximum Gasteiger partial charge on any atom is 0.312 e. The number of fused-ring (bicyclic) bond motifs is 3. The number of phenols is 4. The van der Waals surface area contributed by atoms with Crippen molar-refractivity contribution in [1.82, 2.24) is 0 Å². The number of phenolic OH excluding ortho intramolecular Hbond substituents is 4. The van der Waals surface area contributed by atoms with Crippen molar-refractivity contribution in [3.63, 3.8) is 0 Å². The molecule has 3 aromatic carbocycles. The van der Waals surface area contributed by atoms with Gasteiger partial charge in [0.15, 0.2) is 28.4 Å². The molecule has 9 heteroatoms. The van der Waals surface area contributed by atoms with Gasteiger partial charge in [-0.25, -0.2) is 0 Å². The number of ether oxygens (including phenoxy) is 2. The summed E-state index contributed by atoms with van der Waals surface area (Å²) in [5.74, 6) is -2.19. The second-order valence-electron chi connectivity index (χ2n) is 7.85. The van der Waals surface area contributed by atoms with Crippen LogP contribution in [0.3, 0.4) is 0 Å². The number of carbonyl (C=O) groups is 1. The van der Waals surface area contributed by atoms with Crippen LogP contribution >= 0.6 is 0 Å². The molecular formula is C25H18O9. The average molecular weight is 462 g/mol. The molecule has 4 N–H and O–H groups in total. The smallest absolute Gasteiger partial charge is 0.312 e. The molecule has 1 aliphatic heterocycles. The van der Waals surface area contributed by atoms with Gasteiger partial charge >= 0.3 is 5.97 Å². The van der Waals surface area contributed by atoms with Crippen molar-refractivity contribution in [3.8, 4) is 45.8 Å². The molecule has 0 saturated heterocycles. The third-order valence-electron chi connectivity index (χ3n) is 5.79. The fourth-order valence-corrected chi connectivity index (χ4v) is 4.19. The molecular weight excluding hydrogens is 444 g/mol. The van der Waals surface area contributed by atoms with Crippen LogP contribution in [0.2, 0.25) is 0 Å². The summed E-state index contributed by atoms with van der Waals surface area (Å²) >= 11 is 0. The summed E-state index contributed by atoms with van der Waals surface area (Å²) in [6, 6.07) is 10.9. The van der Waals surface area contributed by atoms with E-state index in [2.05, 4.69) is 0 Å². The number of aromatic hydroxyl groups is 4. The number of benzene rings is 3. The van der Waals surface area contributed by atoms with Crippen molar-refractivity contribution < 1.29 is 39.1 Å². The lowest BCUT2D eigenvalue weighted by Crippen LogP contribution is -2.22. The number of esters is 1. The highest BCUT2D eigenvalue weighted by molar-refractivity contribution is 5.93. The molecule has 0 amide bonds. The molecule has 4 aromatic rings. The maximum atomic E-state index is 13.0. The number of carbonyl (C=O) groups excluding carboxylic acids is 1. The second kappa shape index (κ2) is 7.73. The van der Waals surface area contributed by atoms with Crippen LogP contribution < -0.4 is 14.9 Å². The highest BCUT2D eigenvalue weighted by atomic mass is 16.5. The van der Waals surface area contributed by atoms with Gasteiger partial charge in [0, 0.05) is 29.2 Å². The predicted molar refractivity (Wildman–Crippen MR) is 120 cm³/mol. The van der Waals surface area contributed by atoms with Crippen LogP contribution in [0.15, 0.2) is 57.7 Å². The molecule has 0 unspecified atom stereocenters. The number of rotatable bonds is 3. The van der Waals surface area contributed by atoms with Crippen molar-refractivity contribution in [2.24, 2.45) is 0 Å². The summed E-state index contributed by atoms with van der Waals surface area (Å²) in [5.41, 5.74) is 0.630. The molecule has 5 rings (SSSR count). The van der Waals surface area contributed by atoms with E-state index in [0.29, 0.717) is 16.7 Å². The molecule has 1 atom stereocenters. The van der Waals surface area contributed by atoms with E-state index in [4.69, 9.17) is 13.9 Å². The maximum absolute atomic E-state index is 13.0. The van der Waals surface area contributed by atoms with E-state index in [1.54, 1.807) is 12.1 Å². The fourth-order valence-electron chi connectivity index (χ4n) is 4.19. The minimum absolute atomic E-state index is 0.00197. The number of methoxy groups -OCH3 is 1. The summed E-state index contributed by atoms with van der Waals surface area (Å²) in [5, 5.41) is 40.2. The zero-order chi connectivity index (χ0) is 24.1. The van der Waals surface area contributed by atoms with Gasteiger partial charge in [-0.1, -0.05) is 6.07 Å². The third-order valence-corrected chi connectivity index (χ3v) is 5.79. The van der Waals surface area contributed by atoms with E-state index < -0.39 is 28.8 Å². The lowest BCUT2D eigenvalue weighted by molar-refractivity contribution is -0.135. The molecule has 1 aromatic heterocycles. The zero-order valence-corrected chi connectivity index (χ0v) is 17.7. The summed E-state index contributed by atoms with van der Waals surface area (Å²) in [6.45, 7) is 0. The Kier molecular flexibility index (Phi) is 4.82. The molecule has 0 bridgehead atoms. The summed E-state index contributed by atoms with van der Waals surface area (Å²) in [4.78, 5) is 25.3. The minimum Gasteiger partial charge on any atom is -0.507 e. The van der Waals surface area contributed by atoms with E-state index >= 15 is 0 Å². The van der Waals surface area contributed by atoms with Crippen LogP contribution in [0, 0.1) is 0 Å². The van der Waals surface area contributed by atoms with Gasteiger partial charge in [-0.15, -0.1) is 0 Å². The van der Waals surface area contributed by atoms with Gasteiger partial charge in [-0.05, 0) is 35.9 Å². The van der Waals surface area contributed by atoms with Crippen molar-refractivity contribution >= 4 is 16.9 Å². The first-order chi connectivity index (χ1) is 16.3. The van der Waals surface area contributed by atoms with Crippen LogP contribution in [0.5, 0.6) is 34.5 Å². The van der Waals surface area contributed by atoms with E-state index in [1.807, 2.05) is 0 Å². The van der Waals surface area contributed by atoms with Gasteiger partial charge < -0.3 is 34.3 Å². The predicted octanol–water partition coefficient (Wildman–Crippen LogP) is 3.73. The summed E-state index contributed by atoms with van der Waals surface area (Å²) < 4.78 is 16.5. The number of hydrogen-bond donors (Lipinski definition) is 4. The Bertz CT molecular complexity index is 1530. The molecule has 34 heavy (non-hydrogen) atoms. The topological polar surface area (TPSA) is 147 Å². The van der Waals surface area contributed by atoms with Crippen molar-refractivity contribution in [2.75, 3.05) is 7.11 Å². The van der Waals surface area contributed by atoms with E-state index in [1.165, 1.54) is 37.4 Å². The van der Waals surface area contributed by atoms with Crippen molar-refractivity contribution in [1.29, 1.82) is 0 Å². The van der Waals surface area contributed by atoms with Gasteiger partial charge in [0.25, 0.3) is 0 Å². The number of hydrogen-bond acceptors (Lipinski definition) is 9. The molecule has 9 nitrogen and oxygen atoms in total. The lowest BCUT2D eigenvalue weighted by Gasteiger charge is -2.26. The van der Waals surface area contributed by atoms with Gasteiger partial charge in [0.05, 0.1) is 13.5 Å². The molecule has 2 heterocycles. The van der Waals surface area contributed by atoms with E-state index in [-0.39, 0.29) is 46.1 Å². The first-order valence-electron chi connectivity index (χ1n) is 10.2. The van der Waals surface area contributed by atoms with Crippen LogP contribution in [0.4, 0.5) is 0 Å².